The highest BCUT2D eigenvalue weighted by Gasteiger charge is 2.48. The minimum absolute atomic E-state index is 0.117. The second-order valence-electron chi connectivity index (χ2n) is 10.8. The zero-order valence-corrected chi connectivity index (χ0v) is 23.2. The van der Waals surface area contributed by atoms with E-state index >= 15 is 0 Å². The molecule has 38 heavy (non-hydrogen) atoms. The second-order valence-corrected chi connectivity index (χ2v) is 12.3. The van der Waals surface area contributed by atoms with Gasteiger partial charge in [-0.1, -0.05) is 23.3 Å². The fourth-order valence-corrected chi connectivity index (χ4v) is 6.44. The second kappa shape index (κ2) is 10.9. The van der Waals surface area contributed by atoms with Crippen molar-refractivity contribution >= 4 is 28.7 Å². The average molecular weight is 537 g/mol. The molecule has 5 rings (SSSR count). The number of H-pyrrole nitrogens is 1. The molecule has 3 atom stereocenters. The highest BCUT2D eigenvalue weighted by Crippen LogP contribution is 2.51. The van der Waals surface area contributed by atoms with E-state index in [4.69, 9.17) is 0 Å². The summed E-state index contributed by atoms with van der Waals surface area (Å²) in [5.41, 5.74) is 5.08. The maximum absolute atomic E-state index is 13.7. The standard InChI is InChI=1S/C28H36N6O3S/c1-16(15-38(4)37)34-23(13-14-29-34)27(35)31-26(25(20-5-6-20)21-7-8-21)28(36)30-22-11-9-19(10-12-22)24-17(2)32-33-18(24)3/h9-14,16,20-21,25-26H,5-8,15H2,1-4H3,(H,30,36)(H,31,35)(H,32,33). The summed E-state index contributed by atoms with van der Waals surface area (Å²) in [6.45, 7) is 5.84. The number of nitrogens with zero attached hydrogens (tertiary/aromatic N) is 3. The molecule has 0 spiro atoms. The fourth-order valence-electron chi connectivity index (χ4n) is 5.62. The molecule has 2 amide bonds. The molecular weight excluding hydrogens is 500 g/mol. The number of aromatic amines is 1. The first-order chi connectivity index (χ1) is 18.2. The maximum Gasteiger partial charge on any atom is 0.270 e. The minimum Gasteiger partial charge on any atom is -0.616 e. The molecule has 9 nitrogen and oxygen atoms in total. The van der Waals surface area contributed by atoms with E-state index in [-0.39, 0.29) is 23.8 Å². The SMILES string of the molecule is Cc1n[nH]c(C)c1-c1ccc(NC(=O)C(NC(=O)c2ccnn2C(C)C[S+](C)[O-])C(C2CC2)C2CC2)cc1. The Morgan fingerprint density at radius 3 is 2.34 bits per heavy atom. The topological polar surface area (TPSA) is 128 Å². The van der Waals surface area contributed by atoms with Crippen LogP contribution in [0.15, 0.2) is 36.5 Å². The smallest absolute Gasteiger partial charge is 0.270 e. The van der Waals surface area contributed by atoms with Gasteiger partial charge >= 0.3 is 0 Å². The van der Waals surface area contributed by atoms with Gasteiger partial charge in [0.2, 0.25) is 5.91 Å². The minimum atomic E-state index is -1.02. The highest BCUT2D eigenvalue weighted by molar-refractivity contribution is 7.90. The Kier molecular flexibility index (Phi) is 7.63. The van der Waals surface area contributed by atoms with Crippen LogP contribution in [0.1, 0.15) is 60.5 Å². The molecule has 3 unspecified atom stereocenters. The number of amides is 2. The number of hydrogen-bond donors (Lipinski definition) is 3. The van der Waals surface area contributed by atoms with Gasteiger partial charge in [-0.2, -0.15) is 10.2 Å². The van der Waals surface area contributed by atoms with Crippen LogP contribution >= 0.6 is 0 Å². The summed E-state index contributed by atoms with van der Waals surface area (Å²) in [5, 5.41) is 17.7. The van der Waals surface area contributed by atoms with Crippen LogP contribution in [0.25, 0.3) is 11.1 Å². The summed E-state index contributed by atoms with van der Waals surface area (Å²) in [6, 6.07) is 8.55. The Labute approximate surface area is 226 Å². The van der Waals surface area contributed by atoms with E-state index in [0.717, 1.165) is 48.2 Å². The largest absolute Gasteiger partial charge is 0.616 e. The number of anilines is 1. The van der Waals surface area contributed by atoms with Gasteiger partial charge in [0.15, 0.2) is 0 Å². The first-order valence-corrected chi connectivity index (χ1v) is 15.0. The van der Waals surface area contributed by atoms with Gasteiger partial charge in [-0.05, 0) is 88.0 Å². The van der Waals surface area contributed by atoms with Crippen LogP contribution in [0, 0.1) is 31.6 Å². The third-order valence-corrected chi connectivity index (χ3v) is 8.60. The van der Waals surface area contributed by atoms with Crippen molar-refractivity contribution in [1.82, 2.24) is 25.3 Å². The molecular formula is C28H36N6O3S. The first-order valence-electron chi connectivity index (χ1n) is 13.3. The van der Waals surface area contributed by atoms with Crippen LogP contribution in [0.5, 0.6) is 0 Å². The van der Waals surface area contributed by atoms with E-state index in [2.05, 4.69) is 25.9 Å². The third-order valence-electron chi connectivity index (χ3n) is 7.65. The lowest BCUT2D eigenvalue weighted by molar-refractivity contribution is -0.119. The number of hydrogen-bond acceptors (Lipinski definition) is 5. The maximum atomic E-state index is 13.7. The lowest BCUT2D eigenvalue weighted by atomic mass is 9.88. The molecule has 2 aliphatic rings. The van der Waals surface area contributed by atoms with Crippen LogP contribution in [0.3, 0.4) is 0 Å². The van der Waals surface area contributed by atoms with Crippen molar-refractivity contribution in [3.05, 3.63) is 53.6 Å². The molecule has 0 bridgehead atoms. The van der Waals surface area contributed by atoms with Gasteiger partial charge in [-0.3, -0.25) is 19.4 Å². The molecule has 0 aliphatic heterocycles. The predicted octanol–water partition coefficient (Wildman–Crippen LogP) is 4.00. The van der Waals surface area contributed by atoms with Gasteiger partial charge in [0.25, 0.3) is 5.91 Å². The number of aromatic nitrogens is 4. The zero-order valence-electron chi connectivity index (χ0n) is 22.4. The van der Waals surface area contributed by atoms with Crippen LogP contribution < -0.4 is 10.6 Å². The van der Waals surface area contributed by atoms with Crippen LogP contribution in [-0.4, -0.2) is 54.4 Å². The molecule has 2 aliphatic carbocycles. The summed E-state index contributed by atoms with van der Waals surface area (Å²) in [4.78, 5) is 27.2. The normalized spacial score (nSPS) is 17.7. The molecule has 1 aromatic carbocycles. The van der Waals surface area contributed by atoms with Gasteiger partial charge in [0.05, 0.1) is 18.0 Å². The molecule has 2 fully saturated rings. The average Bonchev–Trinajstić information content (AvgIpc) is 3.81. The molecule has 3 N–H and O–H groups in total. The third kappa shape index (κ3) is 5.81. The lowest BCUT2D eigenvalue weighted by Gasteiger charge is -2.28. The summed E-state index contributed by atoms with van der Waals surface area (Å²) < 4.78 is 13.4. The van der Waals surface area contributed by atoms with Crippen molar-refractivity contribution in [2.45, 2.75) is 58.5 Å². The molecule has 3 aromatic rings. The molecule has 10 heteroatoms. The van der Waals surface area contributed by atoms with E-state index in [1.165, 1.54) is 0 Å². The Balaban J connectivity index is 1.35. The van der Waals surface area contributed by atoms with Crippen molar-refractivity contribution in [3.63, 3.8) is 0 Å². The van der Waals surface area contributed by atoms with Gasteiger partial charge in [-0.25, -0.2) is 0 Å². The Hall–Kier alpha value is -3.11. The molecule has 202 valence electrons. The van der Waals surface area contributed by atoms with E-state index < -0.39 is 17.2 Å². The quantitative estimate of drug-likeness (QED) is 0.319. The Bertz CT molecular complexity index is 1260. The van der Waals surface area contributed by atoms with Crippen molar-refractivity contribution in [2.75, 3.05) is 17.3 Å². The highest BCUT2D eigenvalue weighted by atomic mass is 32.2. The van der Waals surface area contributed by atoms with Gasteiger partial charge in [0, 0.05) is 23.1 Å². The van der Waals surface area contributed by atoms with Crippen LogP contribution in [-0.2, 0) is 16.0 Å². The number of carbonyl (C=O) groups is 2. The Morgan fingerprint density at radius 2 is 1.79 bits per heavy atom. The fraction of sp³-hybridized carbons (Fsp3) is 0.500. The van der Waals surface area contributed by atoms with Crippen molar-refractivity contribution < 1.29 is 14.1 Å². The molecule has 2 aromatic heterocycles. The summed E-state index contributed by atoms with van der Waals surface area (Å²) in [7, 11) is 0. The number of carbonyl (C=O) groups excluding carboxylic acids is 2. The number of rotatable bonds is 11. The van der Waals surface area contributed by atoms with E-state index in [0.29, 0.717) is 29.0 Å². The zero-order chi connectivity index (χ0) is 27.0. The van der Waals surface area contributed by atoms with Crippen molar-refractivity contribution in [1.29, 1.82) is 0 Å². The van der Waals surface area contributed by atoms with E-state index in [1.54, 1.807) is 23.2 Å². The molecule has 0 radical (unpaired) electrons. The summed E-state index contributed by atoms with van der Waals surface area (Å²) in [6.07, 6.45) is 7.59. The number of aryl methyl sites for hydroxylation is 2. The first kappa shape index (κ1) is 26.5. The summed E-state index contributed by atoms with van der Waals surface area (Å²) >= 11 is -1.02. The lowest BCUT2D eigenvalue weighted by Crippen LogP contribution is -2.50. The van der Waals surface area contributed by atoms with Gasteiger partial charge in [0.1, 0.15) is 17.5 Å². The van der Waals surface area contributed by atoms with Crippen molar-refractivity contribution in [3.8, 4) is 11.1 Å². The Morgan fingerprint density at radius 1 is 1.13 bits per heavy atom. The van der Waals surface area contributed by atoms with E-state index in [9.17, 15) is 14.1 Å². The number of benzene rings is 1. The molecule has 2 heterocycles. The van der Waals surface area contributed by atoms with Crippen LogP contribution in [0.4, 0.5) is 5.69 Å². The predicted molar refractivity (Wildman–Crippen MR) is 148 cm³/mol. The van der Waals surface area contributed by atoms with E-state index in [1.807, 2.05) is 45.0 Å². The van der Waals surface area contributed by atoms with Crippen LogP contribution in [0.2, 0.25) is 0 Å². The summed E-state index contributed by atoms with van der Waals surface area (Å²) in [5.74, 6) is 0.903. The number of nitrogens with one attached hydrogen (secondary N) is 3. The monoisotopic (exact) mass is 536 g/mol. The van der Waals surface area contributed by atoms with Gasteiger partial charge in [-0.15, -0.1) is 0 Å². The van der Waals surface area contributed by atoms with Gasteiger partial charge < -0.3 is 15.2 Å². The van der Waals surface area contributed by atoms with Crippen molar-refractivity contribution in [2.24, 2.45) is 17.8 Å². The molecule has 0 saturated heterocycles. The molecule has 2 saturated carbocycles.